The molecule has 80 valence electrons. The van der Waals surface area contributed by atoms with Gasteiger partial charge in [0.1, 0.15) is 6.29 Å². The third-order valence-electron chi connectivity index (χ3n) is 2.00. The number of allylic oxidation sites excluding steroid dienone is 2. The van der Waals surface area contributed by atoms with Crippen molar-refractivity contribution in [3.63, 3.8) is 0 Å². The Bertz CT molecular complexity index is 286. The smallest absolute Gasteiger partial charge is 0.299 e. The van der Waals surface area contributed by atoms with Gasteiger partial charge in [-0.25, -0.2) is 8.78 Å². The number of carbonyl (C=O) groups is 1. The summed E-state index contributed by atoms with van der Waals surface area (Å²) >= 11 is 0. The number of alkyl halides is 6. The summed E-state index contributed by atoms with van der Waals surface area (Å²) < 4.78 is 74.4. The minimum absolute atomic E-state index is 0.111. The number of halogens is 6. The van der Waals surface area contributed by atoms with Crippen LogP contribution >= 0.6 is 0 Å². The van der Waals surface area contributed by atoms with Crippen LogP contribution in [-0.2, 0) is 4.79 Å². The van der Waals surface area contributed by atoms with Crippen LogP contribution in [0.1, 0.15) is 0 Å². The molecule has 0 saturated heterocycles. The Morgan fingerprint density at radius 2 is 1.57 bits per heavy atom. The molecule has 1 saturated carbocycles. The maximum Gasteiger partial charge on any atom is 0.353 e. The van der Waals surface area contributed by atoms with E-state index in [0.717, 1.165) is 0 Å². The fourth-order valence-corrected chi connectivity index (χ4v) is 1.13. The van der Waals surface area contributed by atoms with Gasteiger partial charge >= 0.3 is 11.8 Å². The molecule has 0 aromatic heterocycles. The zero-order valence-corrected chi connectivity index (χ0v) is 6.49. The fourth-order valence-electron chi connectivity index (χ4n) is 1.13. The van der Waals surface area contributed by atoms with Crippen molar-refractivity contribution in [2.24, 2.45) is 0 Å². The monoisotopic (exact) mass is 218 g/mol. The summed E-state index contributed by atoms with van der Waals surface area (Å²) in [5, 5.41) is 0. The molecule has 0 aromatic rings. The second-order valence-electron chi connectivity index (χ2n) is 2.82. The van der Waals surface area contributed by atoms with Crippen molar-refractivity contribution in [1.29, 1.82) is 0 Å². The minimum atomic E-state index is -5.13. The highest BCUT2D eigenvalue weighted by molar-refractivity contribution is 5.65. The van der Waals surface area contributed by atoms with Crippen LogP contribution < -0.4 is 0 Å². The number of aldehydes is 1. The largest absolute Gasteiger partial charge is 0.353 e. The van der Waals surface area contributed by atoms with Crippen LogP contribution in [0.5, 0.6) is 0 Å². The molecule has 1 nitrogen and oxygen atoms in total. The predicted octanol–water partition coefficient (Wildman–Crippen LogP) is 2.07. The lowest BCUT2D eigenvalue weighted by atomic mass is 9.71. The summed E-state index contributed by atoms with van der Waals surface area (Å²) in [5.74, 6) is -10.2. The molecule has 7 heteroatoms. The zero-order valence-electron chi connectivity index (χ0n) is 6.49. The van der Waals surface area contributed by atoms with Gasteiger partial charge in [-0.3, -0.25) is 4.79 Å². The summed E-state index contributed by atoms with van der Waals surface area (Å²) in [7, 11) is 0. The molecular formula is C7H4F6O. The first-order chi connectivity index (χ1) is 6.22. The first-order valence-corrected chi connectivity index (χ1v) is 3.43. The molecule has 0 amide bonds. The van der Waals surface area contributed by atoms with Crippen molar-refractivity contribution in [2.45, 2.75) is 23.7 Å². The molecule has 0 spiro atoms. The standard InChI is InChI=1S/C7H4F6O/c8-4-5(9,2-1-3-14)7(12,13)6(4,10)11/h1-4H. The van der Waals surface area contributed by atoms with E-state index in [-0.39, 0.29) is 18.4 Å². The van der Waals surface area contributed by atoms with Crippen molar-refractivity contribution < 1.29 is 31.1 Å². The SMILES string of the molecule is O=CC=CC1(F)C(F)C(F)(F)C1(F)F. The second kappa shape index (κ2) is 2.74. The highest BCUT2D eigenvalue weighted by atomic mass is 19.3. The molecule has 14 heavy (non-hydrogen) atoms. The lowest BCUT2D eigenvalue weighted by Crippen LogP contribution is -2.77. The average Bonchev–Trinajstić information content (AvgIpc) is 2.11. The Hall–Kier alpha value is -1.01. The van der Waals surface area contributed by atoms with Gasteiger partial charge in [-0.15, -0.1) is 0 Å². The van der Waals surface area contributed by atoms with Gasteiger partial charge in [-0.2, -0.15) is 17.6 Å². The van der Waals surface area contributed by atoms with Gasteiger partial charge in [0.15, 0.2) is 0 Å². The molecule has 0 aromatic carbocycles. The van der Waals surface area contributed by atoms with E-state index in [9.17, 15) is 31.1 Å². The summed E-state index contributed by atoms with van der Waals surface area (Å²) in [4.78, 5) is 9.66. The van der Waals surface area contributed by atoms with Gasteiger partial charge in [0.05, 0.1) is 0 Å². The van der Waals surface area contributed by atoms with E-state index >= 15 is 0 Å². The van der Waals surface area contributed by atoms with E-state index in [0.29, 0.717) is 0 Å². The van der Waals surface area contributed by atoms with Crippen molar-refractivity contribution in [3.05, 3.63) is 12.2 Å². The van der Waals surface area contributed by atoms with Crippen LogP contribution in [0, 0.1) is 0 Å². The third kappa shape index (κ3) is 0.949. The van der Waals surface area contributed by atoms with Crippen LogP contribution in [0.4, 0.5) is 26.3 Å². The summed E-state index contributed by atoms with van der Waals surface area (Å²) in [5.41, 5.74) is -4.10. The van der Waals surface area contributed by atoms with E-state index in [1.165, 1.54) is 0 Å². The number of hydrogen-bond donors (Lipinski definition) is 0. The molecule has 2 unspecified atom stereocenters. The number of rotatable bonds is 2. The summed E-state index contributed by atoms with van der Waals surface area (Å²) in [6, 6.07) is 0. The van der Waals surface area contributed by atoms with Gasteiger partial charge in [0, 0.05) is 0 Å². The molecule has 0 heterocycles. The second-order valence-corrected chi connectivity index (χ2v) is 2.82. The summed E-state index contributed by atoms with van der Waals surface area (Å²) in [6.45, 7) is 0. The fraction of sp³-hybridized carbons (Fsp3) is 0.571. The normalized spacial score (nSPS) is 39.4. The molecule has 1 aliphatic rings. The molecule has 0 N–H and O–H groups in total. The van der Waals surface area contributed by atoms with Crippen LogP contribution in [0.15, 0.2) is 12.2 Å². The predicted molar refractivity (Wildman–Crippen MR) is 33.8 cm³/mol. The molecule has 1 aliphatic carbocycles. The Kier molecular flexibility index (Phi) is 2.17. The van der Waals surface area contributed by atoms with Crippen LogP contribution in [0.2, 0.25) is 0 Å². The first kappa shape index (κ1) is 11.1. The molecule has 0 bridgehead atoms. The Morgan fingerprint density at radius 1 is 1.07 bits per heavy atom. The van der Waals surface area contributed by atoms with E-state index in [1.54, 1.807) is 0 Å². The first-order valence-electron chi connectivity index (χ1n) is 3.43. The van der Waals surface area contributed by atoms with E-state index in [1.807, 2.05) is 0 Å². The molecule has 1 fully saturated rings. The Balaban J connectivity index is 3.04. The molecule has 2 atom stereocenters. The van der Waals surface area contributed by atoms with Gasteiger partial charge in [0.2, 0.25) is 11.8 Å². The van der Waals surface area contributed by atoms with Crippen LogP contribution in [0.25, 0.3) is 0 Å². The maximum absolute atomic E-state index is 12.9. The highest BCUT2D eigenvalue weighted by Gasteiger charge is 2.89. The number of carbonyl (C=O) groups excluding carboxylic acids is 1. The third-order valence-corrected chi connectivity index (χ3v) is 2.00. The molecule has 0 radical (unpaired) electrons. The summed E-state index contributed by atoms with van der Waals surface area (Å²) in [6.07, 6.45) is -3.72. The van der Waals surface area contributed by atoms with Crippen LogP contribution in [-0.4, -0.2) is 30.0 Å². The lowest BCUT2D eigenvalue weighted by Gasteiger charge is -2.49. The lowest BCUT2D eigenvalue weighted by molar-refractivity contribution is -0.379. The van der Waals surface area contributed by atoms with E-state index < -0.39 is 23.7 Å². The quantitative estimate of drug-likeness (QED) is 0.394. The van der Waals surface area contributed by atoms with Gasteiger partial charge < -0.3 is 0 Å². The van der Waals surface area contributed by atoms with Crippen LogP contribution in [0.3, 0.4) is 0 Å². The van der Waals surface area contributed by atoms with Crippen molar-refractivity contribution in [2.75, 3.05) is 0 Å². The van der Waals surface area contributed by atoms with E-state index in [4.69, 9.17) is 0 Å². The zero-order chi connectivity index (χ0) is 11.2. The number of hydrogen-bond acceptors (Lipinski definition) is 1. The molecular weight excluding hydrogens is 214 g/mol. The average molecular weight is 218 g/mol. The van der Waals surface area contributed by atoms with E-state index in [2.05, 4.69) is 0 Å². The van der Waals surface area contributed by atoms with Crippen molar-refractivity contribution in [3.8, 4) is 0 Å². The maximum atomic E-state index is 12.9. The topological polar surface area (TPSA) is 17.1 Å². The molecule has 0 aliphatic heterocycles. The van der Waals surface area contributed by atoms with Crippen molar-refractivity contribution >= 4 is 6.29 Å². The van der Waals surface area contributed by atoms with Crippen molar-refractivity contribution in [1.82, 2.24) is 0 Å². The highest BCUT2D eigenvalue weighted by Crippen LogP contribution is 2.61. The minimum Gasteiger partial charge on any atom is -0.299 e. The van der Waals surface area contributed by atoms with Gasteiger partial charge in [0.25, 0.3) is 0 Å². The Labute approximate surface area is 74.4 Å². The van der Waals surface area contributed by atoms with Gasteiger partial charge in [-0.05, 0) is 12.2 Å². The van der Waals surface area contributed by atoms with Gasteiger partial charge in [-0.1, -0.05) is 0 Å². The molecule has 1 rings (SSSR count). The Morgan fingerprint density at radius 3 is 1.93 bits per heavy atom.